The molecule has 2 saturated carbocycles. The number of thiazole rings is 1. The van der Waals surface area contributed by atoms with Crippen LogP contribution in [0.4, 0.5) is 15.8 Å². The molecule has 8 rings (SSSR count). The van der Waals surface area contributed by atoms with Gasteiger partial charge < -0.3 is 19.8 Å². The van der Waals surface area contributed by atoms with Crippen molar-refractivity contribution in [1.29, 1.82) is 0 Å². The van der Waals surface area contributed by atoms with Crippen LogP contribution >= 0.6 is 34.7 Å². The maximum Gasteiger partial charge on any atom is 0.305 e. The lowest BCUT2D eigenvalue weighted by atomic mass is 9.68. The highest BCUT2D eigenvalue weighted by molar-refractivity contribution is 8.00. The van der Waals surface area contributed by atoms with Gasteiger partial charge in [-0.15, -0.1) is 11.8 Å². The molecule has 1 saturated heterocycles. The first-order valence-corrected chi connectivity index (χ1v) is 17.2. The zero-order valence-electron chi connectivity index (χ0n) is 24.8. The van der Waals surface area contributed by atoms with E-state index in [1.807, 2.05) is 12.1 Å². The largest absolute Gasteiger partial charge is 0.493 e. The van der Waals surface area contributed by atoms with Gasteiger partial charge in [-0.2, -0.15) is 0 Å². The maximum atomic E-state index is 13.9. The molecule has 3 amide bonds. The van der Waals surface area contributed by atoms with Crippen LogP contribution in [-0.2, 0) is 14.4 Å². The van der Waals surface area contributed by atoms with Crippen molar-refractivity contribution in [2.24, 2.45) is 29.6 Å². The Balaban J connectivity index is 1.09. The van der Waals surface area contributed by atoms with Gasteiger partial charge in [-0.25, -0.2) is 4.39 Å². The smallest absolute Gasteiger partial charge is 0.305 e. The van der Waals surface area contributed by atoms with E-state index in [1.54, 1.807) is 42.1 Å². The van der Waals surface area contributed by atoms with Crippen LogP contribution in [0.25, 0.3) is 0 Å². The number of thioether (sulfide) groups is 1. The molecule has 240 valence electrons. The SMILES string of the molecule is COc1cc([C@H]2c3sc(=O)[nH]c3SC3C2[C@H]2C[C@@H]3C3C(=O)N(c4ccc(F)cc4)C(=O)C32)ccc1OCC(=O)Nc1ccc(Cl)cc1. The van der Waals surface area contributed by atoms with Gasteiger partial charge in [0.05, 0.1) is 29.7 Å². The molecule has 0 radical (unpaired) electrons. The highest BCUT2D eigenvalue weighted by atomic mass is 35.5. The Hall–Kier alpha value is -4.13. The molecular weight excluding hydrogens is 665 g/mol. The van der Waals surface area contributed by atoms with Crippen LogP contribution in [-0.4, -0.2) is 41.7 Å². The molecular formula is C34H27ClFN3O6S2. The van der Waals surface area contributed by atoms with Gasteiger partial charge in [0.2, 0.25) is 11.8 Å². The summed E-state index contributed by atoms with van der Waals surface area (Å²) in [6.07, 6.45) is 0.739. The molecule has 2 bridgehead atoms. The summed E-state index contributed by atoms with van der Waals surface area (Å²) in [6, 6.07) is 17.7. The number of aromatic amines is 1. The fraction of sp³-hybridized carbons (Fsp3) is 0.294. The number of benzene rings is 3. The second kappa shape index (κ2) is 11.5. The number of aromatic nitrogens is 1. The number of imide groups is 1. The zero-order chi connectivity index (χ0) is 32.6. The molecule has 0 spiro atoms. The second-order valence-electron chi connectivity index (χ2n) is 12.2. The molecule has 13 heteroatoms. The van der Waals surface area contributed by atoms with Crippen LogP contribution in [0.3, 0.4) is 0 Å². The van der Waals surface area contributed by atoms with Crippen molar-refractivity contribution in [3.8, 4) is 11.5 Å². The number of methoxy groups -OCH3 is 1. The molecule has 3 fully saturated rings. The summed E-state index contributed by atoms with van der Waals surface area (Å²) in [7, 11) is 1.52. The number of carbonyl (C=O) groups excluding carboxylic acids is 3. The minimum absolute atomic E-state index is 0.00685. The number of H-pyrrole nitrogens is 1. The van der Waals surface area contributed by atoms with Crippen LogP contribution in [0, 0.1) is 35.4 Å². The minimum Gasteiger partial charge on any atom is -0.493 e. The highest BCUT2D eigenvalue weighted by Gasteiger charge is 2.69. The summed E-state index contributed by atoms with van der Waals surface area (Å²) >= 11 is 8.70. The highest BCUT2D eigenvalue weighted by Crippen LogP contribution is 2.68. The Morgan fingerprint density at radius 1 is 1.00 bits per heavy atom. The first kappa shape index (κ1) is 30.2. The van der Waals surface area contributed by atoms with Gasteiger partial charge >= 0.3 is 4.87 Å². The fourth-order valence-electron chi connectivity index (χ4n) is 8.11. The number of fused-ring (bicyclic) bond motifs is 9. The lowest BCUT2D eigenvalue weighted by Crippen LogP contribution is -2.42. The average Bonchev–Trinajstić information content (AvgIpc) is 3.80. The van der Waals surface area contributed by atoms with E-state index in [0.29, 0.717) is 27.9 Å². The summed E-state index contributed by atoms with van der Waals surface area (Å²) < 4.78 is 25.2. The molecule has 4 unspecified atom stereocenters. The second-order valence-corrected chi connectivity index (χ2v) is 14.8. The van der Waals surface area contributed by atoms with Crippen LogP contribution < -0.4 is 24.6 Å². The summed E-state index contributed by atoms with van der Waals surface area (Å²) in [5.41, 5.74) is 1.86. The third-order valence-electron chi connectivity index (χ3n) is 9.84. The monoisotopic (exact) mass is 691 g/mol. The Labute approximate surface area is 281 Å². The molecule has 2 aliphatic heterocycles. The number of rotatable bonds is 7. The van der Waals surface area contributed by atoms with Crippen molar-refractivity contribution in [2.75, 3.05) is 23.9 Å². The van der Waals surface area contributed by atoms with E-state index in [4.69, 9.17) is 21.1 Å². The molecule has 3 heterocycles. The lowest BCUT2D eigenvalue weighted by molar-refractivity contribution is -0.123. The van der Waals surface area contributed by atoms with Crippen molar-refractivity contribution < 1.29 is 28.2 Å². The van der Waals surface area contributed by atoms with Crippen molar-refractivity contribution in [2.45, 2.75) is 22.6 Å². The average molecular weight is 692 g/mol. The summed E-state index contributed by atoms with van der Waals surface area (Å²) in [4.78, 5) is 57.9. The fourth-order valence-corrected chi connectivity index (χ4v) is 11.1. The number of halogens is 2. The summed E-state index contributed by atoms with van der Waals surface area (Å²) in [5.74, 6) is -1.78. The molecule has 7 atom stereocenters. The zero-order valence-corrected chi connectivity index (χ0v) is 27.2. The predicted octanol–water partition coefficient (Wildman–Crippen LogP) is 5.93. The maximum absolute atomic E-state index is 13.9. The van der Waals surface area contributed by atoms with Crippen molar-refractivity contribution >= 4 is 63.8 Å². The minimum atomic E-state index is -0.484. The number of hydrogen-bond acceptors (Lipinski definition) is 8. The van der Waals surface area contributed by atoms with Crippen LogP contribution in [0.2, 0.25) is 5.02 Å². The van der Waals surface area contributed by atoms with Gasteiger partial charge in [0.25, 0.3) is 5.91 Å². The third kappa shape index (κ3) is 4.96. The van der Waals surface area contributed by atoms with Crippen molar-refractivity contribution in [3.63, 3.8) is 0 Å². The number of nitrogens with one attached hydrogen (secondary N) is 2. The molecule has 47 heavy (non-hydrogen) atoms. The number of hydrogen-bond donors (Lipinski definition) is 2. The summed E-state index contributed by atoms with van der Waals surface area (Å²) in [5, 5.41) is 4.13. The molecule has 4 aromatic rings. The van der Waals surface area contributed by atoms with Gasteiger partial charge in [0, 0.05) is 26.8 Å². The molecule has 3 aromatic carbocycles. The van der Waals surface area contributed by atoms with Gasteiger partial charge in [-0.1, -0.05) is 29.0 Å². The Morgan fingerprint density at radius 3 is 2.45 bits per heavy atom. The van der Waals surface area contributed by atoms with Crippen molar-refractivity contribution in [1.82, 2.24) is 4.98 Å². The van der Waals surface area contributed by atoms with E-state index in [0.717, 1.165) is 21.9 Å². The van der Waals surface area contributed by atoms with E-state index < -0.39 is 17.7 Å². The van der Waals surface area contributed by atoms with Crippen LogP contribution in [0.5, 0.6) is 11.5 Å². The standard InChI is InChI=1S/C34H27ClFN3O6S2/c1-44-23-12-15(2-11-22(23)45-14-24(40)37-18-7-3-16(35)4-8-18)25-26-20-13-21(29(26)46-31-30(25)47-34(43)38-31)28-27(20)32(41)39(33(28)42)19-9-5-17(36)6-10-19/h2-12,20-21,25-29H,13-14H2,1H3,(H,37,40)(H,38,43)/t20-,21-,25-,26?,27?,28?,29?/m1/s1. The molecule has 9 nitrogen and oxygen atoms in total. The Bertz CT molecular complexity index is 1980. The van der Waals surface area contributed by atoms with Gasteiger partial charge in [0.1, 0.15) is 5.82 Å². The van der Waals surface area contributed by atoms with E-state index in [1.165, 1.54) is 47.6 Å². The topological polar surface area (TPSA) is 118 Å². The molecule has 2 aliphatic carbocycles. The predicted molar refractivity (Wildman–Crippen MR) is 176 cm³/mol. The molecule has 2 N–H and O–H groups in total. The summed E-state index contributed by atoms with van der Waals surface area (Å²) in [6.45, 7) is -0.250. The lowest BCUT2D eigenvalue weighted by Gasteiger charge is -2.43. The Kier molecular flexibility index (Phi) is 7.42. The first-order valence-electron chi connectivity index (χ1n) is 15.1. The quantitative estimate of drug-likeness (QED) is 0.231. The van der Waals surface area contributed by atoms with Gasteiger partial charge in [0.15, 0.2) is 18.1 Å². The van der Waals surface area contributed by atoms with E-state index in [2.05, 4.69) is 10.3 Å². The first-order chi connectivity index (χ1) is 22.7. The normalized spacial score (nSPS) is 27.0. The Morgan fingerprint density at radius 2 is 1.72 bits per heavy atom. The van der Waals surface area contributed by atoms with Crippen LogP contribution in [0.1, 0.15) is 22.8 Å². The van der Waals surface area contributed by atoms with Crippen molar-refractivity contribution in [3.05, 3.63) is 97.7 Å². The number of amides is 3. The van der Waals surface area contributed by atoms with E-state index in [-0.39, 0.29) is 58.1 Å². The molecule has 4 aliphatic rings. The van der Waals surface area contributed by atoms with Gasteiger partial charge in [-0.05, 0) is 90.4 Å². The number of carbonyl (C=O) groups is 3. The van der Waals surface area contributed by atoms with Gasteiger partial charge in [-0.3, -0.25) is 24.1 Å². The van der Waals surface area contributed by atoms with Crippen LogP contribution in [0.15, 0.2) is 76.6 Å². The number of ether oxygens (including phenoxy) is 2. The molecule has 1 aromatic heterocycles. The van der Waals surface area contributed by atoms with E-state index >= 15 is 0 Å². The third-order valence-corrected chi connectivity index (χ3v) is 12.7. The number of anilines is 2. The van der Waals surface area contributed by atoms with E-state index in [9.17, 15) is 23.6 Å². The number of nitrogens with zero attached hydrogens (tertiary/aromatic N) is 1.